The second kappa shape index (κ2) is 3.73. The third kappa shape index (κ3) is 3.36. The second-order valence-corrected chi connectivity index (χ2v) is 1.81. The summed E-state index contributed by atoms with van der Waals surface area (Å²) >= 11 is 0. The van der Waals surface area contributed by atoms with E-state index >= 15 is 0 Å². The maximum atomic E-state index is 10.0. The minimum absolute atomic E-state index is 0.361. The lowest BCUT2D eigenvalue weighted by molar-refractivity contribution is -0.104. The van der Waals surface area contributed by atoms with E-state index in [1.54, 1.807) is 25.2 Å². The van der Waals surface area contributed by atoms with Gasteiger partial charge in [0.1, 0.15) is 0 Å². The molecule has 0 rings (SSSR count). The number of carbonyl (C=O) groups is 1. The molecule has 9 heavy (non-hydrogen) atoms. The van der Waals surface area contributed by atoms with Gasteiger partial charge in [0.15, 0.2) is 6.29 Å². The average Bonchev–Trinajstić information content (AvgIpc) is 1.82. The Labute approximate surface area is 55.2 Å². The summed E-state index contributed by atoms with van der Waals surface area (Å²) in [7, 11) is 3.61. The molecule has 0 aliphatic heterocycles. The quantitative estimate of drug-likeness (QED) is 0.298. The largest absolute Gasteiger partial charge is 0.382 e. The van der Waals surface area contributed by atoms with Crippen molar-refractivity contribution in [2.75, 3.05) is 14.1 Å². The van der Waals surface area contributed by atoms with Gasteiger partial charge in [-0.25, -0.2) is 0 Å². The van der Waals surface area contributed by atoms with Gasteiger partial charge < -0.3 is 4.90 Å². The van der Waals surface area contributed by atoms with Crippen LogP contribution in [0, 0.1) is 12.3 Å². The van der Waals surface area contributed by atoms with Crippen molar-refractivity contribution in [1.29, 1.82) is 0 Å². The molecule has 0 aromatic heterocycles. The summed E-state index contributed by atoms with van der Waals surface area (Å²) in [6.07, 6.45) is 7.20. The molecule has 2 heteroatoms. The molecule has 0 N–H and O–H groups in total. The van der Waals surface area contributed by atoms with E-state index in [0.717, 1.165) is 0 Å². The van der Waals surface area contributed by atoms with Crippen molar-refractivity contribution in [2.45, 2.75) is 0 Å². The Bertz CT molecular complexity index is 162. The summed E-state index contributed by atoms with van der Waals surface area (Å²) in [6, 6.07) is 0. The molecular weight excluding hydrogens is 114 g/mol. The molecule has 0 aliphatic rings. The first kappa shape index (κ1) is 7.77. The molecule has 0 saturated carbocycles. The van der Waals surface area contributed by atoms with E-state index in [9.17, 15) is 4.79 Å². The molecular formula is C7H9NO. The van der Waals surface area contributed by atoms with Crippen molar-refractivity contribution < 1.29 is 4.79 Å². The highest BCUT2D eigenvalue weighted by atomic mass is 16.1. The summed E-state index contributed by atoms with van der Waals surface area (Å²) in [4.78, 5) is 11.8. The van der Waals surface area contributed by atoms with Gasteiger partial charge in [0, 0.05) is 20.3 Å². The fourth-order valence-corrected chi connectivity index (χ4v) is 0.380. The number of hydrogen-bond donors (Lipinski definition) is 0. The highest BCUT2D eigenvalue weighted by molar-refractivity contribution is 5.79. The number of terminal acetylenes is 1. The number of rotatable bonds is 2. The lowest BCUT2D eigenvalue weighted by Gasteiger charge is -2.02. The Morgan fingerprint density at radius 3 is 2.33 bits per heavy atom. The standard InChI is InChI=1S/C7H9NO/c1-4-7(6-9)5-8(2)3/h1,5-6H,2-3H3/b7-5+. The number of allylic oxidation sites excluding steroid dienone is 1. The minimum atomic E-state index is 0.361. The van der Waals surface area contributed by atoms with Crippen LogP contribution in [0.15, 0.2) is 11.8 Å². The SMILES string of the molecule is C#C/C(C=O)=C\N(C)C. The van der Waals surface area contributed by atoms with Crippen LogP contribution in [0.5, 0.6) is 0 Å². The molecule has 0 aromatic carbocycles. The molecule has 0 spiro atoms. The smallest absolute Gasteiger partial charge is 0.159 e. The zero-order valence-corrected chi connectivity index (χ0v) is 5.59. The Hall–Kier alpha value is -1.23. The number of hydrogen-bond acceptors (Lipinski definition) is 2. The maximum Gasteiger partial charge on any atom is 0.159 e. The van der Waals surface area contributed by atoms with Crippen molar-refractivity contribution in [1.82, 2.24) is 4.90 Å². The van der Waals surface area contributed by atoms with Gasteiger partial charge in [0.05, 0.1) is 5.57 Å². The van der Waals surface area contributed by atoms with Crippen LogP contribution in [0.1, 0.15) is 0 Å². The van der Waals surface area contributed by atoms with Crippen LogP contribution in [0.3, 0.4) is 0 Å². The number of aldehydes is 1. The van der Waals surface area contributed by atoms with Gasteiger partial charge in [-0.2, -0.15) is 0 Å². The molecule has 48 valence electrons. The Kier molecular flexibility index (Phi) is 3.22. The molecule has 0 fully saturated rings. The first-order valence-corrected chi connectivity index (χ1v) is 2.50. The van der Waals surface area contributed by atoms with Crippen LogP contribution in [0.4, 0.5) is 0 Å². The summed E-state index contributed by atoms with van der Waals surface area (Å²) in [5.74, 6) is 2.23. The first-order valence-electron chi connectivity index (χ1n) is 2.50. The molecule has 0 heterocycles. The van der Waals surface area contributed by atoms with Crippen LogP contribution in [0.2, 0.25) is 0 Å². The molecule has 0 unspecified atom stereocenters. The van der Waals surface area contributed by atoms with Crippen molar-refractivity contribution in [3.63, 3.8) is 0 Å². The van der Waals surface area contributed by atoms with Crippen LogP contribution in [0.25, 0.3) is 0 Å². The minimum Gasteiger partial charge on any atom is -0.382 e. The second-order valence-electron chi connectivity index (χ2n) is 1.81. The lowest BCUT2D eigenvalue weighted by atomic mass is 10.3. The fourth-order valence-electron chi connectivity index (χ4n) is 0.380. The van der Waals surface area contributed by atoms with Crippen molar-refractivity contribution >= 4 is 6.29 Å². The van der Waals surface area contributed by atoms with Crippen LogP contribution in [-0.4, -0.2) is 25.3 Å². The van der Waals surface area contributed by atoms with Gasteiger partial charge >= 0.3 is 0 Å². The highest BCUT2D eigenvalue weighted by Crippen LogP contribution is 1.86. The van der Waals surface area contributed by atoms with Gasteiger partial charge in [0.25, 0.3) is 0 Å². The van der Waals surface area contributed by atoms with E-state index in [2.05, 4.69) is 5.92 Å². The third-order valence-electron chi connectivity index (χ3n) is 0.691. The summed E-state index contributed by atoms with van der Waals surface area (Å²) in [5.41, 5.74) is 0.361. The van der Waals surface area contributed by atoms with Gasteiger partial charge in [-0.1, -0.05) is 5.92 Å². The topological polar surface area (TPSA) is 20.3 Å². The highest BCUT2D eigenvalue weighted by Gasteiger charge is 1.86. The average molecular weight is 123 g/mol. The maximum absolute atomic E-state index is 10.0. The predicted molar refractivity (Wildman–Crippen MR) is 36.7 cm³/mol. The van der Waals surface area contributed by atoms with Gasteiger partial charge in [-0.15, -0.1) is 6.42 Å². The molecule has 2 nitrogen and oxygen atoms in total. The Balaban J connectivity index is 4.12. The molecule has 0 atom stereocenters. The summed E-state index contributed by atoms with van der Waals surface area (Å²) < 4.78 is 0. The zero-order chi connectivity index (χ0) is 7.28. The third-order valence-corrected chi connectivity index (χ3v) is 0.691. The van der Waals surface area contributed by atoms with Crippen LogP contribution in [-0.2, 0) is 4.79 Å². The van der Waals surface area contributed by atoms with E-state index in [4.69, 9.17) is 6.42 Å². The van der Waals surface area contributed by atoms with Gasteiger partial charge in [-0.3, -0.25) is 4.79 Å². The van der Waals surface area contributed by atoms with E-state index in [-0.39, 0.29) is 0 Å². The Morgan fingerprint density at radius 2 is 2.22 bits per heavy atom. The normalized spacial score (nSPS) is 10.1. The van der Waals surface area contributed by atoms with Gasteiger partial charge in [-0.05, 0) is 0 Å². The van der Waals surface area contributed by atoms with Crippen molar-refractivity contribution in [3.8, 4) is 12.3 Å². The first-order chi connectivity index (χ1) is 4.20. The van der Waals surface area contributed by atoms with E-state index in [1.807, 2.05) is 0 Å². The van der Waals surface area contributed by atoms with E-state index in [1.165, 1.54) is 0 Å². The van der Waals surface area contributed by atoms with Crippen LogP contribution < -0.4 is 0 Å². The molecule has 0 amide bonds. The number of carbonyl (C=O) groups excluding carboxylic acids is 1. The summed E-state index contributed by atoms with van der Waals surface area (Å²) in [6.45, 7) is 0. The molecule has 0 radical (unpaired) electrons. The Morgan fingerprint density at radius 1 is 1.67 bits per heavy atom. The van der Waals surface area contributed by atoms with E-state index in [0.29, 0.717) is 11.9 Å². The fraction of sp³-hybridized carbons (Fsp3) is 0.286. The monoisotopic (exact) mass is 123 g/mol. The molecule has 0 aliphatic carbocycles. The molecule has 0 saturated heterocycles. The predicted octanol–water partition coefficient (Wildman–Crippen LogP) is 0.264. The van der Waals surface area contributed by atoms with Crippen LogP contribution >= 0.6 is 0 Å². The lowest BCUT2D eigenvalue weighted by Crippen LogP contribution is -2.02. The number of nitrogens with zero attached hydrogens (tertiary/aromatic N) is 1. The zero-order valence-electron chi connectivity index (χ0n) is 5.59. The van der Waals surface area contributed by atoms with Crippen molar-refractivity contribution in [3.05, 3.63) is 11.8 Å². The molecule has 0 bridgehead atoms. The van der Waals surface area contributed by atoms with Crippen molar-refractivity contribution in [2.24, 2.45) is 0 Å². The summed E-state index contributed by atoms with van der Waals surface area (Å²) in [5, 5.41) is 0. The molecule has 0 aromatic rings. The van der Waals surface area contributed by atoms with E-state index < -0.39 is 0 Å². The van der Waals surface area contributed by atoms with Gasteiger partial charge in [0.2, 0.25) is 0 Å².